The van der Waals surface area contributed by atoms with Crippen LogP contribution in [0.5, 0.6) is 0 Å². The van der Waals surface area contributed by atoms with Gasteiger partial charge in [0.1, 0.15) is 0 Å². The van der Waals surface area contributed by atoms with Crippen LogP contribution in [0.1, 0.15) is 38.5 Å². The largest absolute Gasteiger partial charge is 0.344 e. The minimum absolute atomic E-state index is 0.108. The minimum atomic E-state index is 0.108. The number of likely N-dealkylation sites (N-methyl/N-ethyl adjacent to an activating group) is 1. The van der Waals surface area contributed by atoms with Crippen molar-refractivity contribution < 1.29 is 4.79 Å². The molecule has 3 heteroatoms. The van der Waals surface area contributed by atoms with Crippen LogP contribution < -0.4 is 5.32 Å². The van der Waals surface area contributed by atoms with Crippen LogP contribution in [0.3, 0.4) is 0 Å². The molecule has 0 spiro atoms. The smallest absolute Gasteiger partial charge is 0.239 e. The molecule has 0 aromatic rings. The highest BCUT2D eigenvalue weighted by atomic mass is 16.2. The Kier molecular flexibility index (Phi) is 3.62. The van der Waals surface area contributed by atoms with Crippen LogP contribution in [-0.2, 0) is 4.79 Å². The van der Waals surface area contributed by atoms with Crippen LogP contribution in [0.25, 0.3) is 0 Å². The Morgan fingerprint density at radius 3 is 2.67 bits per heavy atom. The summed E-state index contributed by atoms with van der Waals surface area (Å²) in [5.74, 6) is 1.20. The van der Waals surface area contributed by atoms with Crippen molar-refractivity contribution in [3.8, 4) is 0 Å². The number of likely N-dealkylation sites (tertiary alicyclic amines) is 1. The summed E-state index contributed by atoms with van der Waals surface area (Å²) in [6, 6.07) is 0.108. The van der Waals surface area contributed by atoms with Gasteiger partial charge in [0, 0.05) is 13.6 Å². The van der Waals surface area contributed by atoms with E-state index >= 15 is 0 Å². The molecule has 15 heavy (non-hydrogen) atoms. The molecule has 1 aliphatic heterocycles. The van der Waals surface area contributed by atoms with E-state index < -0.39 is 0 Å². The fourth-order valence-corrected chi connectivity index (χ4v) is 2.77. The quantitative estimate of drug-likeness (QED) is 0.760. The molecule has 1 heterocycles. The fraction of sp³-hybridized carbons (Fsp3) is 0.917. The van der Waals surface area contributed by atoms with E-state index in [-0.39, 0.29) is 11.9 Å². The van der Waals surface area contributed by atoms with Gasteiger partial charge in [-0.3, -0.25) is 4.79 Å². The molecular weight excluding hydrogens is 188 g/mol. The monoisotopic (exact) mass is 210 g/mol. The molecule has 2 rings (SSSR count). The van der Waals surface area contributed by atoms with Gasteiger partial charge in [0.05, 0.1) is 6.04 Å². The molecule has 1 saturated carbocycles. The molecule has 2 aliphatic rings. The molecule has 1 saturated heterocycles. The Morgan fingerprint density at radius 1 is 1.33 bits per heavy atom. The number of amides is 1. The van der Waals surface area contributed by atoms with E-state index in [4.69, 9.17) is 0 Å². The lowest BCUT2D eigenvalue weighted by atomic mass is 10.0. The third kappa shape index (κ3) is 2.71. The normalized spacial score (nSPS) is 27.9. The maximum Gasteiger partial charge on any atom is 0.239 e. The van der Waals surface area contributed by atoms with E-state index in [9.17, 15) is 4.79 Å². The number of nitrogens with zero attached hydrogens (tertiary/aromatic N) is 1. The molecule has 1 unspecified atom stereocenters. The summed E-state index contributed by atoms with van der Waals surface area (Å²) in [4.78, 5) is 13.4. The van der Waals surface area contributed by atoms with Gasteiger partial charge in [0.15, 0.2) is 0 Å². The van der Waals surface area contributed by atoms with Crippen LogP contribution in [0.15, 0.2) is 0 Å². The summed E-state index contributed by atoms with van der Waals surface area (Å²) in [5, 5.41) is 3.40. The topological polar surface area (TPSA) is 32.3 Å². The minimum Gasteiger partial charge on any atom is -0.344 e. The van der Waals surface area contributed by atoms with Gasteiger partial charge < -0.3 is 10.2 Å². The molecule has 0 bridgehead atoms. The first kappa shape index (κ1) is 10.9. The number of rotatable bonds is 4. The van der Waals surface area contributed by atoms with Gasteiger partial charge in [0.25, 0.3) is 0 Å². The molecule has 1 atom stereocenters. The third-order valence-electron chi connectivity index (χ3n) is 3.85. The lowest BCUT2D eigenvalue weighted by Crippen LogP contribution is -2.37. The van der Waals surface area contributed by atoms with Crippen molar-refractivity contribution in [3.63, 3.8) is 0 Å². The number of hydrogen-bond acceptors (Lipinski definition) is 2. The molecule has 1 amide bonds. The van der Waals surface area contributed by atoms with Crippen molar-refractivity contribution in [2.75, 3.05) is 20.1 Å². The van der Waals surface area contributed by atoms with E-state index in [1.165, 1.54) is 32.1 Å². The molecule has 3 nitrogen and oxygen atoms in total. The molecule has 1 aliphatic carbocycles. The number of hydrogen-bond donors (Lipinski definition) is 1. The molecule has 1 N–H and O–H groups in total. The number of nitrogens with one attached hydrogen (secondary N) is 1. The Bertz CT molecular complexity index is 224. The van der Waals surface area contributed by atoms with Crippen molar-refractivity contribution in [1.82, 2.24) is 10.2 Å². The highest BCUT2D eigenvalue weighted by molar-refractivity contribution is 5.83. The third-order valence-corrected chi connectivity index (χ3v) is 3.85. The molecule has 2 fully saturated rings. The van der Waals surface area contributed by atoms with E-state index in [0.29, 0.717) is 0 Å². The Balaban J connectivity index is 1.63. The molecular formula is C12H22N2O. The van der Waals surface area contributed by atoms with Crippen molar-refractivity contribution in [2.24, 2.45) is 5.92 Å². The van der Waals surface area contributed by atoms with Crippen LogP contribution in [0, 0.1) is 5.92 Å². The summed E-state index contributed by atoms with van der Waals surface area (Å²) in [6.45, 7) is 1.94. The first-order valence-corrected chi connectivity index (χ1v) is 6.26. The predicted molar refractivity (Wildman–Crippen MR) is 60.6 cm³/mol. The van der Waals surface area contributed by atoms with Gasteiger partial charge in [-0.05, 0) is 25.3 Å². The van der Waals surface area contributed by atoms with Gasteiger partial charge in [0.2, 0.25) is 5.91 Å². The van der Waals surface area contributed by atoms with E-state index in [0.717, 1.165) is 25.4 Å². The second kappa shape index (κ2) is 4.97. The fourth-order valence-electron chi connectivity index (χ4n) is 2.77. The maximum atomic E-state index is 11.6. The highest BCUT2D eigenvalue weighted by Crippen LogP contribution is 2.27. The summed E-state index contributed by atoms with van der Waals surface area (Å²) >= 11 is 0. The van der Waals surface area contributed by atoms with Crippen LogP contribution in [0.2, 0.25) is 0 Å². The van der Waals surface area contributed by atoms with E-state index in [1.54, 1.807) is 0 Å². The average molecular weight is 210 g/mol. The lowest BCUT2D eigenvalue weighted by Gasteiger charge is -2.14. The second-order valence-electron chi connectivity index (χ2n) is 4.99. The van der Waals surface area contributed by atoms with Crippen molar-refractivity contribution in [2.45, 2.75) is 44.6 Å². The summed E-state index contributed by atoms with van der Waals surface area (Å²) in [5.41, 5.74) is 0. The van der Waals surface area contributed by atoms with E-state index in [2.05, 4.69) is 5.32 Å². The number of carbonyl (C=O) groups excluding carboxylic acids is 1. The summed E-state index contributed by atoms with van der Waals surface area (Å²) in [6.07, 6.45) is 7.87. The molecule has 86 valence electrons. The Hall–Kier alpha value is -0.570. The van der Waals surface area contributed by atoms with Crippen molar-refractivity contribution in [3.05, 3.63) is 0 Å². The molecule has 0 radical (unpaired) electrons. The first-order chi connectivity index (χ1) is 7.27. The van der Waals surface area contributed by atoms with Gasteiger partial charge in [-0.2, -0.15) is 0 Å². The zero-order chi connectivity index (χ0) is 10.7. The zero-order valence-corrected chi connectivity index (χ0v) is 9.67. The molecule has 0 aromatic carbocycles. The summed E-state index contributed by atoms with van der Waals surface area (Å²) in [7, 11) is 1.89. The van der Waals surface area contributed by atoms with Gasteiger partial charge >= 0.3 is 0 Å². The van der Waals surface area contributed by atoms with E-state index in [1.807, 2.05) is 11.9 Å². The standard InChI is InChI=1S/C12H22N2O/c1-14-9-7-11(12(14)15)13-8-6-10-4-2-3-5-10/h10-11,13H,2-9H2,1H3. The Morgan fingerprint density at radius 2 is 2.07 bits per heavy atom. The van der Waals surface area contributed by atoms with Crippen LogP contribution in [-0.4, -0.2) is 37.0 Å². The van der Waals surface area contributed by atoms with Crippen LogP contribution in [0.4, 0.5) is 0 Å². The van der Waals surface area contributed by atoms with Gasteiger partial charge in [-0.1, -0.05) is 25.7 Å². The van der Waals surface area contributed by atoms with Crippen molar-refractivity contribution in [1.29, 1.82) is 0 Å². The van der Waals surface area contributed by atoms with Gasteiger partial charge in [-0.15, -0.1) is 0 Å². The highest BCUT2D eigenvalue weighted by Gasteiger charge is 2.28. The predicted octanol–water partition coefficient (Wildman–Crippen LogP) is 1.39. The lowest BCUT2D eigenvalue weighted by molar-refractivity contribution is -0.128. The second-order valence-corrected chi connectivity index (χ2v) is 4.99. The number of carbonyl (C=O) groups is 1. The van der Waals surface area contributed by atoms with Crippen molar-refractivity contribution >= 4 is 5.91 Å². The molecule has 0 aromatic heterocycles. The Labute approximate surface area is 92.2 Å². The van der Waals surface area contributed by atoms with Crippen LogP contribution >= 0.6 is 0 Å². The zero-order valence-electron chi connectivity index (χ0n) is 9.67. The first-order valence-electron chi connectivity index (χ1n) is 6.26. The summed E-state index contributed by atoms with van der Waals surface area (Å²) < 4.78 is 0. The SMILES string of the molecule is CN1CCC(NCCC2CCCC2)C1=O. The maximum absolute atomic E-state index is 11.6. The average Bonchev–Trinajstić information content (AvgIpc) is 2.83. The van der Waals surface area contributed by atoms with Gasteiger partial charge in [-0.25, -0.2) is 0 Å².